The van der Waals surface area contributed by atoms with Gasteiger partial charge in [0, 0.05) is 78.5 Å². The number of hydrogen-bond acceptors (Lipinski definition) is 9. The molecule has 5 aliphatic rings. The van der Waals surface area contributed by atoms with Crippen LogP contribution in [0.4, 0.5) is 8.78 Å². The highest BCUT2D eigenvalue weighted by Crippen LogP contribution is 2.27. The van der Waals surface area contributed by atoms with Gasteiger partial charge in [0.05, 0.1) is 5.69 Å². The number of benzene rings is 3. The van der Waals surface area contributed by atoms with Crippen molar-refractivity contribution >= 4 is 11.3 Å². The van der Waals surface area contributed by atoms with E-state index in [-0.39, 0.29) is 11.6 Å². The van der Waals surface area contributed by atoms with Gasteiger partial charge in [-0.1, -0.05) is 148 Å². The number of likely N-dealkylation sites (N-methyl/N-ethyl adjacent to an activating group) is 3. The van der Waals surface area contributed by atoms with Crippen LogP contribution in [-0.4, -0.2) is 120 Å². The van der Waals surface area contributed by atoms with Gasteiger partial charge in [-0.25, -0.2) is 8.78 Å². The SMILES string of the molecule is CC1=CCC(C)CC1.CC1=CCN(C)CC1.CC1CCC(C)CC1.CC1CCN(C)CC1.CN1CCN(C)CC1.Cc1cc(C)[nH]n1.Cc1ccc(C)c(F)c1.Cc1ccc(C)c(F)c1.Cc1ccc(C)cc1.Cc1ccc(C)nc1.Cc1ccc(C)nc1.Cc1ccc(C)o1.Cc1ccc(C)s1. The highest BCUT2D eigenvalue weighted by Gasteiger charge is 2.14. The quantitative estimate of drug-likeness (QED) is 0.150. The molecule has 0 radical (unpaired) electrons. The summed E-state index contributed by atoms with van der Waals surface area (Å²) >= 11 is 1.84. The third kappa shape index (κ3) is 52.0. The minimum Gasteiger partial charge on any atom is -0.467 e. The lowest BCUT2D eigenvalue weighted by Crippen LogP contribution is -2.42. The number of thiophene rings is 1. The summed E-state index contributed by atoms with van der Waals surface area (Å²) in [5, 5.41) is 6.71. The highest BCUT2D eigenvalue weighted by molar-refractivity contribution is 7.11. The molecule has 1 atom stereocenters. The van der Waals surface area contributed by atoms with Crippen molar-refractivity contribution in [3.05, 3.63) is 251 Å². The third-order valence-corrected chi connectivity index (χ3v) is 19.1. The molecule has 13 rings (SSSR count). The maximum Gasteiger partial charge on any atom is 0.126 e. The van der Waals surface area contributed by atoms with Gasteiger partial charge in [-0.3, -0.25) is 15.1 Å². The standard InChI is InChI=1S/2C8H9F.C8H16.C8H14.C8H10.C7H15N.C7H13N.2C7H9N.C6H14N2.C6H8O.C6H8S.C5H8N2/c2*1-6-3-4-7(2)8(9)5-6;5*1-7-3-5-8(2)6-4-7;2*1-6-3-4-7(2)8-5-6;1-7-3-5-8(2)6-4-7;2*1-5-3-4-6(2)7-5;1-4-3-5(2)7-6-4/h2*3-5H,1-2H3;7-8H,3-6H2,1-2H3;3,8H,4-6H2,1-2H3;3-6H,1-2H3;7H,3-6H2,1-2H3;3H,4-6H2,1-2H3;2*3-5H,1-2H3;3-6H2,1-2H3;2*3-4H,1-2H3;3H,1-2H3,(H,6,7). The molecule has 1 N–H and O–H groups in total. The summed E-state index contributed by atoms with van der Waals surface area (Å²) in [6, 6.07) is 37.2. The number of furan rings is 1. The van der Waals surface area contributed by atoms with Crippen molar-refractivity contribution in [2.45, 2.75) is 217 Å². The average Bonchev–Trinajstić information content (AvgIpc) is 1.67. The molecule has 9 nitrogen and oxygen atoms in total. The number of H-pyrrole nitrogens is 1. The molecule has 0 amide bonds. The minimum absolute atomic E-state index is 0.116. The second-order valence-corrected chi connectivity index (χ2v) is 31.6. The highest BCUT2D eigenvalue weighted by atomic mass is 32.1. The van der Waals surface area contributed by atoms with E-state index in [1.807, 2.05) is 135 Å². The van der Waals surface area contributed by atoms with Gasteiger partial charge in [-0.2, -0.15) is 5.10 Å². The fraction of sp³-hybridized carbons (Fsp3) is 0.527. The summed E-state index contributed by atoms with van der Waals surface area (Å²) in [6.45, 7) is 55.3. The summed E-state index contributed by atoms with van der Waals surface area (Å²) < 4.78 is 30.2. The Morgan fingerprint density at radius 1 is 0.379 bits per heavy atom. The van der Waals surface area contributed by atoms with E-state index < -0.39 is 0 Å². The maximum absolute atomic E-state index is 12.6. The topological polar surface area (TPSA) is 80.6 Å². The molecular formula is C91H142F2N8OS. The van der Waals surface area contributed by atoms with Crippen LogP contribution in [0.5, 0.6) is 0 Å². The Morgan fingerprint density at radius 3 is 1.01 bits per heavy atom. The van der Waals surface area contributed by atoms with Gasteiger partial charge in [0.25, 0.3) is 0 Å². The normalized spacial score (nSPS) is 17.0. The van der Waals surface area contributed by atoms with Crippen LogP contribution < -0.4 is 0 Å². The first-order valence-electron chi connectivity index (χ1n) is 37.9. The van der Waals surface area contributed by atoms with Gasteiger partial charge >= 0.3 is 0 Å². The second-order valence-electron chi connectivity index (χ2n) is 30.1. The molecule has 0 bridgehead atoms. The van der Waals surface area contributed by atoms with Crippen molar-refractivity contribution in [3.63, 3.8) is 0 Å². The van der Waals surface area contributed by atoms with Gasteiger partial charge in [0.15, 0.2) is 0 Å². The summed E-state index contributed by atoms with van der Waals surface area (Å²) in [5.41, 5.74) is 15.9. The van der Waals surface area contributed by atoms with Crippen molar-refractivity contribution < 1.29 is 13.2 Å². The Kier molecular flexibility index (Phi) is 50.3. The zero-order chi connectivity index (χ0) is 77.4. The summed E-state index contributed by atoms with van der Waals surface area (Å²) in [6.07, 6.45) is 22.4. The summed E-state index contributed by atoms with van der Waals surface area (Å²) in [7, 11) is 8.70. The first-order chi connectivity index (χ1) is 48.6. The van der Waals surface area contributed by atoms with Gasteiger partial charge in [0.2, 0.25) is 0 Å². The molecule has 1 unspecified atom stereocenters. The number of nitrogens with zero attached hydrogens (tertiary/aromatic N) is 7. The van der Waals surface area contributed by atoms with Crippen molar-refractivity contribution in [2.75, 3.05) is 80.5 Å². The summed E-state index contributed by atoms with van der Waals surface area (Å²) in [4.78, 5) is 20.4. The Hall–Kier alpha value is -6.67. The van der Waals surface area contributed by atoms with Crippen molar-refractivity contribution in [2.24, 2.45) is 23.7 Å². The Labute approximate surface area is 632 Å². The predicted octanol–water partition coefficient (Wildman–Crippen LogP) is 23.9. The molecule has 12 heteroatoms. The van der Waals surface area contributed by atoms with Crippen molar-refractivity contribution in [1.82, 2.24) is 39.8 Å². The molecule has 3 aromatic carbocycles. The first-order valence-corrected chi connectivity index (χ1v) is 38.8. The number of pyridine rings is 2. The number of hydrogen-bond donors (Lipinski definition) is 1. The van der Waals surface area contributed by atoms with Crippen LogP contribution >= 0.6 is 11.3 Å². The maximum atomic E-state index is 12.6. The molecule has 572 valence electrons. The minimum atomic E-state index is -0.116. The fourth-order valence-corrected chi connectivity index (χ4v) is 11.0. The number of halogens is 2. The number of aryl methyl sites for hydroxylation is 16. The van der Waals surface area contributed by atoms with Crippen LogP contribution in [-0.2, 0) is 0 Å². The lowest BCUT2D eigenvalue weighted by molar-refractivity contribution is 0.181. The predicted molar refractivity (Wildman–Crippen MR) is 445 cm³/mol. The number of piperazine rings is 1. The lowest BCUT2D eigenvalue weighted by Gasteiger charge is -2.28. The third-order valence-electron chi connectivity index (χ3n) is 18.2. The van der Waals surface area contributed by atoms with E-state index in [0.717, 1.165) is 75.6 Å². The zero-order valence-corrected chi connectivity index (χ0v) is 70.3. The van der Waals surface area contributed by atoms with E-state index >= 15 is 0 Å². The molecule has 3 fully saturated rings. The smallest absolute Gasteiger partial charge is 0.126 e. The molecule has 8 heterocycles. The van der Waals surface area contributed by atoms with Crippen LogP contribution in [0.2, 0.25) is 0 Å². The lowest BCUT2D eigenvalue weighted by atomic mass is 9.84. The first kappa shape index (κ1) is 94.3. The molecule has 8 aromatic rings. The number of rotatable bonds is 0. The van der Waals surface area contributed by atoms with Gasteiger partial charge in [-0.15, -0.1) is 11.3 Å². The number of allylic oxidation sites excluding steroid dienone is 2. The van der Waals surface area contributed by atoms with Crippen LogP contribution in [0, 0.1) is 146 Å². The number of nitrogens with one attached hydrogen (secondary N) is 1. The Morgan fingerprint density at radius 2 is 0.767 bits per heavy atom. The van der Waals surface area contributed by atoms with E-state index in [0.29, 0.717) is 11.1 Å². The van der Waals surface area contributed by atoms with Gasteiger partial charge in [0.1, 0.15) is 23.2 Å². The van der Waals surface area contributed by atoms with Crippen molar-refractivity contribution in [1.29, 1.82) is 0 Å². The zero-order valence-electron chi connectivity index (χ0n) is 69.5. The fourth-order valence-electron chi connectivity index (χ4n) is 10.2. The van der Waals surface area contributed by atoms with Crippen LogP contribution in [0.25, 0.3) is 0 Å². The number of piperidine rings is 1. The molecule has 3 aliphatic heterocycles. The van der Waals surface area contributed by atoms with E-state index in [9.17, 15) is 8.78 Å². The number of likely N-dealkylation sites (tertiary alicyclic amines) is 1. The van der Waals surface area contributed by atoms with E-state index in [1.165, 1.54) is 154 Å². The molecule has 0 spiro atoms. The largest absolute Gasteiger partial charge is 0.467 e. The average molecular weight is 1430 g/mol. The van der Waals surface area contributed by atoms with E-state index in [4.69, 9.17) is 4.42 Å². The van der Waals surface area contributed by atoms with Crippen LogP contribution in [0.15, 0.2) is 155 Å². The van der Waals surface area contributed by atoms with E-state index in [2.05, 4.69) is 198 Å². The monoisotopic (exact) mass is 1430 g/mol. The van der Waals surface area contributed by atoms with Crippen LogP contribution in [0.1, 0.15) is 194 Å². The number of aromatic amines is 1. The Bertz CT molecular complexity index is 3010. The molecule has 2 saturated heterocycles. The van der Waals surface area contributed by atoms with E-state index in [1.54, 1.807) is 37.1 Å². The number of aromatic nitrogens is 4. The van der Waals surface area contributed by atoms with Gasteiger partial charge < -0.3 is 24.0 Å². The summed E-state index contributed by atoms with van der Waals surface area (Å²) in [5.74, 6) is 5.70. The molecule has 1 saturated carbocycles. The second kappa shape index (κ2) is 54.9. The molecule has 2 aliphatic carbocycles. The molecular weight excluding hydrogens is 1290 g/mol. The Balaban J connectivity index is 0.000000558. The van der Waals surface area contributed by atoms with Gasteiger partial charge in [-0.05, 0) is 316 Å². The molecule has 103 heavy (non-hydrogen) atoms. The van der Waals surface area contributed by atoms with Crippen molar-refractivity contribution in [3.8, 4) is 0 Å². The van der Waals surface area contributed by atoms with Crippen LogP contribution in [0.3, 0.4) is 0 Å². The molecule has 5 aromatic heterocycles.